The summed E-state index contributed by atoms with van der Waals surface area (Å²) in [6.45, 7) is 1.51. The van der Waals surface area contributed by atoms with Gasteiger partial charge in [-0.25, -0.2) is 4.68 Å². The van der Waals surface area contributed by atoms with Crippen LogP contribution in [0.3, 0.4) is 0 Å². The second kappa shape index (κ2) is 13.8. The lowest BCUT2D eigenvalue weighted by atomic mass is 9.89. The van der Waals surface area contributed by atoms with Gasteiger partial charge in [-0.1, -0.05) is 125 Å². The van der Waals surface area contributed by atoms with Gasteiger partial charge < -0.3 is 4.90 Å². The molecule has 1 aliphatic heterocycles. The highest BCUT2D eigenvalue weighted by Gasteiger charge is 2.30. The van der Waals surface area contributed by atoms with E-state index >= 15 is 0 Å². The minimum absolute atomic E-state index is 0.250. The first kappa shape index (κ1) is 28.2. The summed E-state index contributed by atoms with van der Waals surface area (Å²) < 4.78 is 2.19. The fourth-order valence-corrected chi connectivity index (χ4v) is 7.59. The molecule has 5 heteroatoms. The van der Waals surface area contributed by atoms with E-state index in [1.54, 1.807) is 0 Å². The van der Waals surface area contributed by atoms with Crippen molar-refractivity contribution in [2.45, 2.75) is 122 Å². The maximum Gasteiger partial charge on any atom is 0.227 e. The zero-order valence-electron chi connectivity index (χ0n) is 24.9. The van der Waals surface area contributed by atoms with Gasteiger partial charge in [0.05, 0.1) is 17.9 Å². The Balaban J connectivity index is 1.33. The van der Waals surface area contributed by atoms with Gasteiger partial charge in [-0.2, -0.15) is 0 Å². The van der Waals surface area contributed by atoms with Crippen LogP contribution in [0.2, 0.25) is 0 Å². The summed E-state index contributed by atoms with van der Waals surface area (Å²) >= 11 is 0. The lowest BCUT2D eigenvalue weighted by Crippen LogP contribution is -2.33. The number of para-hydroxylation sites is 1. The fraction of sp³-hybridized carbons (Fsp3) is 0.583. The smallest absolute Gasteiger partial charge is 0.227 e. The Morgan fingerprint density at radius 2 is 1.24 bits per heavy atom. The normalized spacial score (nSPS) is 19.6. The van der Waals surface area contributed by atoms with Crippen molar-refractivity contribution < 1.29 is 4.79 Å². The van der Waals surface area contributed by atoms with Crippen LogP contribution in [0.15, 0.2) is 48.5 Å². The van der Waals surface area contributed by atoms with Crippen LogP contribution in [0.5, 0.6) is 0 Å². The third-order valence-corrected chi connectivity index (χ3v) is 9.93. The van der Waals surface area contributed by atoms with E-state index in [1.165, 1.54) is 114 Å². The molecule has 3 aliphatic rings. The highest BCUT2D eigenvalue weighted by molar-refractivity contribution is 6.00. The highest BCUT2D eigenvalue weighted by atomic mass is 16.2. The molecule has 41 heavy (non-hydrogen) atoms. The van der Waals surface area contributed by atoms with Crippen molar-refractivity contribution in [3.63, 3.8) is 0 Å². The number of carbonyl (C=O) groups excluding carboxylic acids is 1. The van der Waals surface area contributed by atoms with Gasteiger partial charge in [0, 0.05) is 24.1 Å². The zero-order valence-corrected chi connectivity index (χ0v) is 24.9. The van der Waals surface area contributed by atoms with Gasteiger partial charge >= 0.3 is 0 Å². The molecule has 5 nitrogen and oxygen atoms in total. The van der Waals surface area contributed by atoms with E-state index in [9.17, 15) is 4.79 Å². The first-order valence-corrected chi connectivity index (χ1v) is 16.7. The van der Waals surface area contributed by atoms with Crippen molar-refractivity contribution in [3.8, 4) is 22.5 Å². The van der Waals surface area contributed by atoms with Crippen molar-refractivity contribution in [2.75, 3.05) is 4.90 Å². The molecule has 2 heterocycles. The average molecular weight is 553 g/mol. The van der Waals surface area contributed by atoms with Crippen molar-refractivity contribution in [1.82, 2.24) is 15.0 Å². The maximum absolute atomic E-state index is 14.2. The quantitative estimate of drug-likeness (QED) is 0.324. The first-order chi connectivity index (χ1) is 20.3. The molecular formula is C36H48N4O. The molecule has 2 saturated carbocycles. The number of nitrogens with zero attached hydrogens (tertiary/aromatic N) is 4. The van der Waals surface area contributed by atoms with Crippen LogP contribution in [0, 0.1) is 11.8 Å². The zero-order chi connectivity index (χ0) is 27.9. The molecule has 0 saturated heterocycles. The third-order valence-electron chi connectivity index (χ3n) is 9.93. The Morgan fingerprint density at radius 3 is 1.93 bits per heavy atom. The summed E-state index contributed by atoms with van der Waals surface area (Å²) in [6, 6.07) is 17.0. The monoisotopic (exact) mass is 552 g/mol. The van der Waals surface area contributed by atoms with Crippen LogP contribution in [-0.2, 0) is 17.9 Å². The predicted molar refractivity (Wildman–Crippen MR) is 168 cm³/mol. The molecule has 0 bridgehead atoms. The second-order valence-electron chi connectivity index (χ2n) is 13.0. The molecule has 2 aromatic carbocycles. The lowest BCUT2D eigenvalue weighted by molar-refractivity contribution is -0.119. The summed E-state index contributed by atoms with van der Waals surface area (Å²) in [7, 11) is 0. The topological polar surface area (TPSA) is 51.0 Å². The third kappa shape index (κ3) is 6.76. The molecule has 0 spiro atoms. The predicted octanol–water partition coefficient (Wildman–Crippen LogP) is 9.35. The molecule has 0 radical (unpaired) electrons. The van der Waals surface area contributed by atoms with Gasteiger partial charge in [-0.15, -0.1) is 5.10 Å². The first-order valence-electron chi connectivity index (χ1n) is 16.7. The number of hydrogen-bond donors (Lipinski definition) is 0. The standard InChI is InChI=1S/C36H48N4O/c41-34(25-28-17-9-5-2-1-3-6-10-18-28)39-27-30-21-13-14-22-31(30)36-35(32-23-15-16-24-33(32)39)37-38-40(36)26-29-19-11-7-4-8-12-20-29/h13-16,21-24,28-29H,1-12,17-20,25-27H2. The molecule has 218 valence electrons. The molecule has 1 aromatic heterocycles. The number of hydrogen-bond acceptors (Lipinski definition) is 3. The van der Waals surface area contributed by atoms with E-state index in [0.29, 0.717) is 24.8 Å². The molecule has 2 aliphatic carbocycles. The summed E-state index contributed by atoms with van der Waals surface area (Å²) in [5, 5.41) is 9.62. The van der Waals surface area contributed by atoms with Crippen LogP contribution in [-0.4, -0.2) is 20.9 Å². The number of carbonyl (C=O) groups is 1. The molecule has 2 fully saturated rings. The summed E-state index contributed by atoms with van der Waals surface area (Å²) in [6.07, 6.45) is 21.5. The molecule has 1 amide bonds. The van der Waals surface area contributed by atoms with Gasteiger partial charge in [-0.3, -0.25) is 4.79 Å². The Hall–Kier alpha value is -2.95. The minimum atomic E-state index is 0.250. The molecular weight excluding hydrogens is 504 g/mol. The number of benzene rings is 2. The number of anilines is 1. The van der Waals surface area contributed by atoms with Gasteiger partial charge in [0.25, 0.3) is 0 Å². The summed E-state index contributed by atoms with van der Waals surface area (Å²) in [5.74, 6) is 1.37. The van der Waals surface area contributed by atoms with Crippen molar-refractivity contribution in [2.24, 2.45) is 11.8 Å². The van der Waals surface area contributed by atoms with Gasteiger partial charge in [-0.05, 0) is 49.1 Å². The van der Waals surface area contributed by atoms with Crippen molar-refractivity contribution in [3.05, 3.63) is 54.1 Å². The van der Waals surface area contributed by atoms with Crippen LogP contribution in [0.1, 0.15) is 115 Å². The number of aromatic nitrogens is 3. The Morgan fingerprint density at radius 1 is 0.683 bits per heavy atom. The van der Waals surface area contributed by atoms with Crippen LogP contribution >= 0.6 is 0 Å². The van der Waals surface area contributed by atoms with Crippen molar-refractivity contribution in [1.29, 1.82) is 0 Å². The number of rotatable bonds is 4. The summed E-state index contributed by atoms with van der Waals surface area (Å²) in [5.41, 5.74) is 6.39. The number of amides is 1. The van der Waals surface area contributed by atoms with E-state index in [1.807, 2.05) is 0 Å². The van der Waals surface area contributed by atoms with E-state index < -0.39 is 0 Å². The second-order valence-corrected chi connectivity index (χ2v) is 13.0. The highest BCUT2D eigenvalue weighted by Crippen LogP contribution is 2.42. The van der Waals surface area contributed by atoms with E-state index in [4.69, 9.17) is 10.3 Å². The Bertz CT molecular complexity index is 1280. The maximum atomic E-state index is 14.2. The fourth-order valence-electron chi connectivity index (χ4n) is 7.59. The Kier molecular flexibility index (Phi) is 9.49. The molecule has 0 unspecified atom stereocenters. The van der Waals surface area contributed by atoms with Crippen LogP contribution in [0.4, 0.5) is 5.69 Å². The molecule has 0 atom stereocenters. The van der Waals surface area contributed by atoms with Crippen LogP contribution in [0.25, 0.3) is 22.5 Å². The Labute approximate surface area is 246 Å². The van der Waals surface area contributed by atoms with E-state index in [0.717, 1.165) is 29.2 Å². The van der Waals surface area contributed by atoms with Gasteiger partial charge in [0.15, 0.2) is 0 Å². The average Bonchev–Trinajstić information content (AvgIpc) is 3.38. The minimum Gasteiger partial charge on any atom is -0.307 e. The molecule has 0 N–H and O–H groups in total. The van der Waals surface area contributed by atoms with E-state index in [2.05, 4.69) is 58.1 Å². The number of fused-ring (bicyclic) bond motifs is 5. The molecule has 6 rings (SSSR count). The lowest BCUT2D eigenvalue weighted by Gasteiger charge is -2.30. The summed E-state index contributed by atoms with van der Waals surface area (Å²) in [4.78, 5) is 16.2. The SMILES string of the molecule is O=C(CC1CCCCCCCCC1)N1Cc2ccccc2-c2c(nnn2CC2CCCCCCC2)-c2ccccc21. The molecule has 3 aromatic rings. The van der Waals surface area contributed by atoms with Gasteiger partial charge in [0.1, 0.15) is 5.69 Å². The largest absolute Gasteiger partial charge is 0.307 e. The van der Waals surface area contributed by atoms with Crippen molar-refractivity contribution >= 4 is 11.6 Å². The van der Waals surface area contributed by atoms with Crippen LogP contribution < -0.4 is 4.90 Å². The van der Waals surface area contributed by atoms with Gasteiger partial charge in [0.2, 0.25) is 5.91 Å². The van der Waals surface area contributed by atoms with E-state index in [-0.39, 0.29) is 5.91 Å².